The maximum atomic E-state index is 13.6. The van der Waals surface area contributed by atoms with Gasteiger partial charge in [-0.25, -0.2) is 4.90 Å². The van der Waals surface area contributed by atoms with Gasteiger partial charge in [-0.2, -0.15) is 0 Å². The highest BCUT2D eigenvalue weighted by molar-refractivity contribution is 6.45. The summed E-state index contributed by atoms with van der Waals surface area (Å²) in [6.07, 6.45) is 3.22. The number of hydrogen-bond donors (Lipinski definition) is 0. The maximum absolute atomic E-state index is 13.6. The molecule has 0 spiro atoms. The van der Waals surface area contributed by atoms with E-state index in [2.05, 4.69) is 11.0 Å². The van der Waals surface area contributed by atoms with Crippen molar-refractivity contribution in [2.24, 2.45) is 0 Å². The van der Waals surface area contributed by atoms with Gasteiger partial charge in [-0.1, -0.05) is 35.4 Å². The summed E-state index contributed by atoms with van der Waals surface area (Å²) in [5.74, 6) is -0.495. The van der Waals surface area contributed by atoms with Crippen molar-refractivity contribution in [3.8, 4) is 0 Å². The van der Waals surface area contributed by atoms with Crippen LogP contribution in [-0.4, -0.2) is 29.8 Å². The molecule has 150 valence electrons. The Morgan fingerprint density at radius 3 is 2.21 bits per heavy atom. The smallest absolute Gasteiger partial charge is 0.282 e. The predicted molar refractivity (Wildman–Crippen MR) is 117 cm³/mol. The van der Waals surface area contributed by atoms with Gasteiger partial charge in [0.2, 0.25) is 0 Å². The van der Waals surface area contributed by atoms with Gasteiger partial charge in [-0.3, -0.25) is 9.59 Å². The SMILES string of the molecule is Cc1ccc(C2=C(N3CCCCC3)C(=O)N(c3ccc(Cl)cc3C)C2=O)c(C)c1. The third-order valence-electron chi connectivity index (χ3n) is 5.78. The second-order valence-electron chi connectivity index (χ2n) is 7.97. The number of piperidine rings is 1. The van der Waals surface area contributed by atoms with Gasteiger partial charge in [0.05, 0.1) is 11.3 Å². The van der Waals surface area contributed by atoms with Gasteiger partial charge >= 0.3 is 0 Å². The molecule has 1 saturated heterocycles. The second kappa shape index (κ2) is 7.68. The lowest BCUT2D eigenvalue weighted by molar-refractivity contribution is -0.120. The zero-order valence-electron chi connectivity index (χ0n) is 17.1. The number of rotatable bonds is 3. The van der Waals surface area contributed by atoms with Crippen LogP contribution in [-0.2, 0) is 9.59 Å². The molecule has 0 aromatic heterocycles. The Kier molecular flexibility index (Phi) is 5.22. The van der Waals surface area contributed by atoms with E-state index in [0.717, 1.165) is 54.6 Å². The molecule has 0 aliphatic carbocycles. The van der Waals surface area contributed by atoms with E-state index < -0.39 is 0 Å². The van der Waals surface area contributed by atoms with Crippen LogP contribution in [0.4, 0.5) is 5.69 Å². The van der Waals surface area contributed by atoms with E-state index in [1.165, 1.54) is 4.90 Å². The molecule has 0 saturated carbocycles. The molecule has 0 N–H and O–H groups in total. The molecule has 0 bridgehead atoms. The molecule has 0 atom stereocenters. The highest BCUT2D eigenvalue weighted by Crippen LogP contribution is 2.38. The quantitative estimate of drug-likeness (QED) is 0.668. The number of benzene rings is 2. The largest absolute Gasteiger partial charge is 0.366 e. The van der Waals surface area contributed by atoms with Crippen LogP contribution in [0.5, 0.6) is 0 Å². The fraction of sp³-hybridized carbons (Fsp3) is 0.333. The fourth-order valence-electron chi connectivity index (χ4n) is 4.35. The first-order valence-corrected chi connectivity index (χ1v) is 10.5. The van der Waals surface area contributed by atoms with Crippen LogP contribution in [0.2, 0.25) is 5.02 Å². The minimum absolute atomic E-state index is 0.239. The number of carbonyl (C=O) groups is 2. The van der Waals surface area contributed by atoms with Gasteiger partial charge in [0, 0.05) is 18.1 Å². The van der Waals surface area contributed by atoms with Crippen molar-refractivity contribution >= 4 is 34.7 Å². The van der Waals surface area contributed by atoms with E-state index >= 15 is 0 Å². The zero-order chi connectivity index (χ0) is 20.7. The van der Waals surface area contributed by atoms with Crippen molar-refractivity contribution in [2.45, 2.75) is 40.0 Å². The molecular formula is C24H25ClN2O2. The second-order valence-corrected chi connectivity index (χ2v) is 8.40. The van der Waals surface area contributed by atoms with Crippen LogP contribution in [0.1, 0.15) is 41.5 Å². The zero-order valence-corrected chi connectivity index (χ0v) is 17.8. The molecule has 2 amide bonds. The van der Waals surface area contributed by atoms with Crippen molar-refractivity contribution in [2.75, 3.05) is 18.0 Å². The average Bonchev–Trinajstić information content (AvgIpc) is 2.93. The molecule has 2 aliphatic rings. The Balaban J connectivity index is 1.88. The third kappa shape index (κ3) is 3.46. The van der Waals surface area contributed by atoms with E-state index in [9.17, 15) is 9.59 Å². The van der Waals surface area contributed by atoms with Gasteiger partial charge in [0.25, 0.3) is 11.8 Å². The average molecular weight is 409 g/mol. The van der Waals surface area contributed by atoms with Crippen molar-refractivity contribution in [3.63, 3.8) is 0 Å². The molecule has 0 radical (unpaired) electrons. The first-order chi connectivity index (χ1) is 13.9. The highest BCUT2D eigenvalue weighted by Gasteiger charge is 2.43. The van der Waals surface area contributed by atoms with Gasteiger partial charge in [-0.05, 0) is 74.9 Å². The lowest BCUT2D eigenvalue weighted by Crippen LogP contribution is -2.37. The molecule has 1 fully saturated rings. The van der Waals surface area contributed by atoms with Crippen LogP contribution in [0, 0.1) is 20.8 Å². The van der Waals surface area contributed by atoms with Crippen LogP contribution in [0.15, 0.2) is 42.1 Å². The summed E-state index contributed by atoms with van der Waals surface area (Å²) in [6, 6.07) is 11.3. The topological polar surface area (TPSA) is 40.6 Å². The normalized spacial score (nSPS) is 17.5. The fourth-order valence-corrected chi connectivity index (χ4v) is 4.58. The molecule has 2 aromatic rings. The number of likely N-dealkylation sites (tertiary alicyclic amines) is 1. The Bertz CT molecular complexity index is 1040. The van der Waals surface area contributed by atoms with E-state index in [4.69, 9.17) is 11.6 Å². The first kappa shape index (κ1) is 19.7. The number of anilines is 1. The molecule has 2 aromatic carbocycles. The van der Waals surface area contributed by atoms with Gasteiger partial charge < -0.3 is 4.90 Å². The Labute approximate surface area is 176 Å². The Morgan fingerprint density at radius 2 is 1.55 bits per heavy atom. The van der Waals surface area contributed by atoms with E-state index in [-0.39, 0.29) is 11.8 Å². The van der Waals surface area contributed by atoms with E-state index in [1.807, 2.05) is 32.9 Å². The van der Waals surface area contributed by atoms with Crippen LogP contribution in [0.3, 0.4) is 0 Å². The number of imide groups is 1. The van der Waals surface area contributed by atoms with E-state index in [1.54, 1.807) is 18.2 Å². The van der Waals surface area contributed by atoms with Crippen LogP contribution >= 0.6 is 11.6 Å². The monoisotopic (exact) mass is 408 g/mol. The number of aryl methyl sites for hydroxylation is 3. The molecule has 0 unspecified atom stereocenters. The first-order valence-electron chi connectivity index (χ1n) is 10.1. The minimum atomic E-state index is -0.257. The van der Waals surface area contributed by atoms with Gasteiger partial charge in [0.15, 0.2) is 0 Å². The molecule has 4 nitrogen and oxygen atoms in total. The summed E-state index contributed by atoms with van der Waals surface area (Å²) in [5.41, 5.74) is 5.43. The lowest BCUT2D eigenvalue weighted by atomic mass is 9.96. The highest BCUT2D eigenvalue weighted by atomic mass is 35.5. The predicted octanol–water partition coefficient (Wildman–Crippen LogP) is 5.04. The Morgan fingerprint density at radius 1 is 0.828 bits per heavy atom. The summed E-state index contributed by atoms with van der Waals surface area (Å²) < 4.78 is 0. The van der Waals surface area contributed by atoms with Gasteiger partial charge in [-0.15, -0.1) is 0 Å². The Hall–Kier alpha value is -2.59. The summed E-state index contributed by atoms with van der Waals surface area (Å²) in [5, 5.41) is 0.587. The van der Waals surface area contributed by atoms with Crippen molar-refractivity contribution in [1.29, 1.82) is 0 Å². The van der Waals surface area contributed by atoms with Crippen molar-refractivity contribution < 1.29 is 9.59 Å². The van der Waals surface area contributed by atoms with E-state index in [0.29, 0.717) is 22.0 Å². The van der Waals surface area contributed by atoms with Crippen LogP contribution in [0.25, 0.3) is 5.57 Å². The van der Waals surface area contributed by atoms with Crippen LogP contribution < -0.4 is 4.90 Å². The van der Waals surface area contributed by atoms with Crippen molar-refractivity contribution in [1.82, 2.24) is 4.90 Å². The summed E-state index contributed by atoms with van der Waals surface area (Å²) in [7, 11) is 0. The number of nitrogens with zero attached hydrogens (tertiary/aromatic N) is 2. The number of hydrogen-bond acceptors (Lipinski definition) is 3. The summed E-state index contributed by atoms with van der Waals surface area (Å²) in [6.45, 7) is 7.50. The number of carbonyl (C=O) groups excluding carboxylic acids is 2. The number of halogens is 1. The lowest BCUT2D eigenvalue weighted by Gasteiger charge is -2.30. The minimum Gasteiger partial charge on any atom is -0.366 e. The standard InChI is InChI=1S/C24H25ClN2O2/c1-15-7-9-19(16(2)13-15)21-22(26-11-5-4-6-12-26)24(29)27(23(21)28)20-10-8-18(25)14-17(20)3/h7-10,13-14H,4-6,11-12H2,1-3H3. The third-order valence-corrected chi connectivity index (χ3v) is 6.02. The number of amides is 2. The molecule has 2 heterocycles. The molecule has 2 aliphatic heterocycles. The molecule has 4 rings (SSSR count). The summed E-state index contributed by atoms with van der Waals surface area (Å²) in [4.78, 5) is 30.6. The molecular weight excluding hydrogens is 384 g/mol. The van der Waals surface area contributed by atoms with Gasteiger partial charge in [0.1, 0.15) is 5.70 Å². The summed E-state index contributed by atoms with van der Waals surface area (Å²) >= 11 is 6.10. The molecule has 5 heteroatoms. The van der Waals surface area contributed by atoms with Crippen molar-refractivity contribution in [3.05, 3.63) is 69.4 Å². The maximum Gasteiger partial charge on any atom is 0.282 e. The molecule has 29 heavy (non-hydrogen) atoms.